The molecule has 0 aliphatic heterocycles. The smallest absolute Gasteiger partial charge is 0.0406 e. The Labute approximate surface area is 119 Å². The van der Waals surface area contributed by atoms with Crippen LogP contribution in [0.15, 0.2) is 48.5 Å². The molecule has 2 aromatic rings. The van der Waals surface area contributed by atoms with Crippen molar-refractivity contribution in [1.29, 1.82) is 0 Å². The fourth-order valence-electron chi connectivity index (χ4n) is 2.08. The highest BCUT2D eigenvalue weighted by Crippen LogP contribution is 2.23. The summed E-state index contributed by atoms with van der Waals surface area (Å²) >= 11 is 5.92. The lowest BCUT2D eigenvalue weighted by Gasteiger charge is -2.25. The topological polar surface area (TPSA) is 29.3 Å². The SMILES string of the molecule is CC(c1ccc(Cl)cc1)N(C)Cc1ccccc1N. The van der Waals surface area contributed by atoms with E-state index < -0.39 is 0 Å². The molecular weight excluding hydrogens is 256 g/mol. The van der Waals surface area contributed by atoms with Crippen LogP contribution in [0.2, 0.25) is 5.02 Å². The highest BCUT2D eigenvalue weighted by atomic mass is 35.5. The van der Waals surface area contributed by atoms with E-state index in [0.717, 1.165) is 22.8 Å². The number of benzene rings is 2. The molecule has 0 heterocycles. The van der Waals surface area contributed by atoms with Crippen LogP contribution in [0.4, 0.5) is 5.69 Å². The minimum Gasteiger partial charge on any atom is -0.398 e. The summed E-state index contributed by atoms with van der Waals surface area (Å²) in [5.74, 6) is 0. The normalized spacial score (nSPS) is 12.6. The van der Waals surface area contributed by atoms with E-state index >= 15 is 0 Å². The van der Waals surface area contributed by atoms with Crippen LogP contribution in [0.25, 0.3) is 0 Å². The molecule has 3 heteroatoms. The maximum Gasteiger partial charge on any atom is 0.0406 e. The Morgan fingerprint density at radius 2 is 1.74 bits per heavy atom. The number of nitrogens with zero attached hydrogens (tertiary/aromatic N) is 1. The van der Waals surface area contributed by atoms with Gasteiger partial charge >= 0.3 is 0 Å². The van der Waals surface area contributed by atoms with E-state index in [0.29, 0.717) is 6.04 Å². The fraction of sp³-hybridized carbons (Fsp3) is 0.250. The molecule has 0 aliphatic carbocycles. The minimum atomic E-state index is 0.317. The number of nitrogens with two attached hydrogens (primary N) is 1. The summed E-state index contributed by atoms with van der Waals surface area (Å²) in [4.78, 5) is 2.27. The molecule has 2 rings (SSSR count). The molecule has 0 amide bonds. The van der Waals surface area contributed by atoms with Gasteiger partial charge in [-0.3, -0.25) is 4.90 Å². The van der Waals surface area contributed by atoms with Crippen molar-refractivity contribution in [3.8, 4) is 0 Å². The third-order valence-electron chi connectivity index (χ3n) is 3.49. The Morgan fingerprint density at radius 1 is 1.11 bits per heavy atom. The van der Waals surface area contributed by atoms with Crippen LogP contribution in [0.5, 0.6) is 0 Å². The Hall–Kier alpha value is -1.51. The molecule has 1 atom stereocenters. The van der Waals surface area contributed by atoms with Gasteiger partial charge in [0.25, 0.3) is 0 Å². The van der Waals surface area contributed by atoms with Crippen LogP contribution in [0.3, 0.4) is 0 Å². The van der Waals surface area contributed by atoms with Gasteiger partial charge in [0.1, 0.15) is 0 Å². The molecule has 2 N–H and O–H groups in total. The van der Waals surface area contributed by atoms with Gasteiger partial charge in [-0.2, -0.15) is 0 Å². The number of nitrogen functional groups attached to an aromatic ring is 1. The van der Waals surface area contributed by atoms with E-state index in [9.17, 15) is 0 Å². The zero-order chi connectivity index (χ0) is 13.8. The first-order chi connectivity index (χ1) is 9.08. The van der Waals surface area contributed by atoms with Crippen LogP contribution in [0.1, 0.15) is 24.1 Å². The second-order valence-corrected chi connectivity index (χ2v) is 5.28. The van der Waals surface area contributed by atoms with Gasteiger partial charge < -0.3 is 5.73 Å². The molecule has 2 nitrogen and oxygen atoms in total. The van der Waals surface area contributed by atoms with Crippen molar-refractivity contribution in [2.45, 2.75) is 19.5 Å². The highest BCUT2D eigenvalue weighted by Gasteiger charge is 2.12. The maximum atomic E-state index is 5.98. The fourth-order valence-corrected chi connectivity index (χ4v) is 2.21. The first-order valence-corrected chi connectivity index (χ1v) is 6.75. The van der Waals surface area contributed by atoms with Crippen molar-refractivity contribution in [1.82, 2.24) is 4.90 Å². The monoisotopic (exact) mass is 274 g/mol. The first-order valence-electron chi connectivity index (χ1n) is 6.37. The number of para-hydroxylation sites is 1. The molecule has 0 aromatic heterocycles. The summed E-state index contributed by atoms with van der Waals surface area (Å²) in [6.07, 6.45) is 0. The second kappa shape index (κ2) is 6.09. The molecule has 0 aliphatic rings. The summed E-state index contributed by atoms with van der Waals surface area (Å²) in [6.45, 7) is 3.01. The van der Waals surface area contributed by atoms with E-state index in [4.69, 9.17) is 17.3 Å². The minimum absolute atomic E-state index is 0.317. The summed E-state index contributed by atoms with van der Waals surface area (Å²) in [5, 5.41) is 0.769. The lowest BCUT2D eigenvalue weighted by molar-refractivity contribution is 0.253. The van der Waals surface area contributed by atoms with Crippen molar-refractivity contribution < 1.29 is 0 Å². The lowest BCUT2D eigenvalue weighted by Crippen LogP contribution is -2.22. The van der Waals surface area contributed by atoms with E-state index in [-0.39, 0.29) is 0 Å². The summed E-state index contributed by atoms with van der Waals surface area (Å²) in [5.41, 5.74) is 9.24. The van der Waals surface area contributed by atoms with Gasteiger partial charge in [0, 0.05) is 23.3 Å². The van der Waals surface area contributed by atoms with Gasteiger partial charge in [-0.05, 0) is 43.3 Å². The van der Waals surface area contributed by atoms with Crippen LogP contribution in [-0.2, 0) is 6.54 Å². The summed E-state index contributed by atoms with van der Waals surface area (Å²) in [6, 6.07) is 16.3. The molecule has 0 saturated carbocycles. The highest BCUT2D eigenvalue weighted by molar-refractivity contribution is 6.30. The second-order valence-electron chi connectivity index (χ2n) is 4.84. The summed E-state index contributed by atoms with van der Waals surface area (Å²) in [7, 11) is 2.10. The molecule has 0 fully saturated rings. The number of rotatable bonds is 4. The largest absolute Gasteiger partial charge is 0.398 e. The van der Waals surface area contributed by atoms with E-state index in [1.54, 1.807) is 0 Å². The van der Waals surface area contributed by atoms with Gasteiger partial charge in [0.2, 0.25) is 0 Å². The molecule has 0 spiro atoms. The molecule has 0 radical (unpaired) electrons. The predicted molar refractivity (Wildman–Crippen MR) is 82.2 cm³/mol. The molecular formula is C16H19ClN2. The Morgan fingerprint density at radius 3 is 2.37 bits per heavy atom. The zero-order valence-electron chi connectivity index (χ0n) is 11.3. The molecule has 1 unspecified atom stereocenters. The van der Waals surface area contributed by atoms with Gasteiger partial charge in [-0.1, -0.05) is 41.9 Å². The number of hydrogen-bond acceptors (Lipinski definition) is 2. The van der Waals surface area contributed by atoms with Crippen molar-refractivity contribution in [3.05, 3.63) is 64.7 Å². The molecule has 100 valence electrons. The molecule has 19 heavy (non-hydrogen) atoms. The quantitative estimate of drug-likeness (QED) is 0.850. The third-order valence-corrected chi connectivity index (χ3v) is 3.74. The van der Waals surface area contributed by atoms with Gasteiger partial charge in [-0.25, -0.2) is 0 Å². The van der Waals surface area contributed by atoms with Gasteiger partial charge in [0.15, 0.2) is 0 Å². The van der Waals surface area contributed by atoms with Crippen molar-refractivity contribution >= 4 is 17.3 Å². The molecule has 0 saturated heterocycles. The van der Waals surface area contributed by atoms with Crippen LogP contribution < -0.4 is 5.73 Å². The zero-order valence-corrected chi connectivity index (χ0v) is 12.1. The van der Waals surface area contributed by atoms with Gasteiger partial charge in [0.05, 0.1) is 0 Å². The average Bonchev–Trinajstić information content (AvgIpc) is 2.41. The van der Waals surface area contributed by atoms with Crippen molar-refractivity contribution in [2.75, 3.05) is 12.8 Å². The summed E-state index contributed by atoms with van der Waals surface area (Å²) < 4.78 is 0. The van der Waals surface area contributed by atoms with E-state index in [2.05, 4.69) is 37.1 Å². The standard InChI is InChI=1S/C16H19ClN2/c1-12(13-7-9-15(17)10-8-13)19(2)11-14-5-3-4-6-16(14)18/h3-10,12H,11,18H2,1-2H3. The molecule has 0 bridgehead atoms. The number of halogens is 1. The van der Waals surface area contributed by atoms with E-state index in [1.165, 1.54) is 5.56 Å². The lowest BCUT2D eigenvalue weighted by atomic mass is 10.1. The Bertz CT molecular complexity index is 537. The maximum absolute atomic E-state index is 5.98. The predicted octanol–water partition coefficient (Wildman–Crippen LogP) is 4.12. The van der Waals surface area contributed by atoms with E-state index in [1.807, 2.05) is 30.3 Å². The molecule has 2 aromatic carbocycles. The average molecular weight is 275 g/mol. The third kappa shape index (κ3) is 3.49. The van der Waals surface area contributed by atoms with Crippen LogP contribution in [-0.4, -0.2) is 11.9 Å². The number of hydrogen-bond donors (Lipinski definition) is 1. The van der Waals surface area contributed by atoms with Crippen LogP contribution in [0, 0.1) is 0 Å². The Balaban J connectivity index is 2.09. The van der Waals surface area contributed by atoms with Gasteiger partial charge in [-0.15, -0.1) is 0 Å². The van der Waals surface area contributed by atoms with Crippen molar-refractivity contribution in [2.24, 2.45) is 0 Å². The van der Waals surface area contributed by atoms with Crippen molar-refractivity contribution in [3.63, 3.8) is 0 Å². The first kappa shape index (κ1) is 13.9. The number of anilines is 1. The van der Waals surface area contributed by atoms with Crippen LogP contribution >= 0.6 is 11.6 Å². The Kier molecular flexibility index (Phi) is 4.46.